The van der Waals surface area contributed by atoms with Crippen molar-refractivity contribution in [1.82, 2.24) is 10.6 Å². The minimum atomic E-state index is -0.936. The Bertz CT molecular complexity index is 694. The van der Waals surface area contributed by atoms with E-state index >= 15 is 0 Å². The number of ketones is 1. The fourth-order valence-corrected chi connectivity index (χ4v) is 3.35. The van der Waals surface area contributed by atoms with Gasteiger partial charge in [-0.2, -0.15) is 0 Å². The van der Waals surface area contributed by atoms with Gasteiger partial charge >= 0.3 is 0 Å². The first-order valence-corrected chi connectivity index (χ1v) is 7.72. The van der Waals surface area contributed by atoms with Crippen molar-refractivity contribution in [1.29, 1.82) is 0 Å². The number of hydrogen-bond acceptors (Lipinski definition) is 3. The molecule has 1 saturated carbocycles. The molecule has 1 atom stereocenters. The summed E-state index contributed by atoms with van der Waals surface area (Å²) >= 11 is 0. The number of carbonyl (C=O) groups is 2. The molecule has 0 radical (unpaired) electrons. The maximum absolute atomic E-state index is 13.8. The number of rotatable bonds is 3. The van der Waals surface area contributed by atoms with Gasteiger partial charge in [0, 0.05) is 11.6 Å². The van der Waals surface area contributed by atoms with Gasteiger partial charge in [-0.3, -0.25) is 9.59 Å². The number of hydrogen-bond donors (Lipinski definition) is 2. The molecular formula is C17H18F2N2O2. The number of benzene rings is 1. The van der Waals surface area contributed by atoms with Crippen LogP contribution < -0.4 is 10.6 Å². The Morgan fingerprint density at radius 2 is 1.91 bits per heavy atom. The summed E-state index contributed by atoms with van der Waals surface area (Å²) in [5.41, 5.74) is -0.799. The van der Waals surface area contributed by atoms with Gasteiger partial charge in [-0.1, -0.05) is 25.0 Å². The lowest BCUT2D eigenvalue weighted by atomic mass is 9.79. The average Bonchev–Trinajstić information content (AvgIpc) is 2.99. The van der Waals surface area contributed by atoms with Crippen molar-refractivity contribution in [3.8, 4) is 0 Å². The first-order chi connectivity index (χ1) is 10.9. The molecule has 1 unspecified atom stereocenters. The third-order valence-electron chi connectivity index (χ3n) is 4.71. The van der Waals surface area contributed by atoms with E-state index in [0.29, 0.717) is 12.8 Å². The number of nitrogens with one attached hydrogen (secondary N) is 2. The number of allylic oxidation sites excluding steroid dienone is 1. The van der Waals surface area contributed by atoms with Crippen LogP contribution in [0.15, 0.2) is 30.1 Å². The highest BCUT2D eigenvalue weighted by molar-refractivity contribution is 6.14. The molecule has 1 spiro atoms. The fraction of sp³-hybridized carbons (Fsp3) is 0.412. The van der Waals surface area contributed by atoms with E-state index in [2.05, 4.69) is 10.6 Å². The van der Waals surface area contributed by atoms with Gasteiger partial charge in [0.25, 0.3) is 0 Å². The zero-order chi connectivity index (χ0) is 16.6. The first-order valence-electron chi connectivity index (χ1n) is 7.72. The third kappa shape index (κ3) is 2.62. The second-order valence-corrected chi connectivity index (χ2v) is 6.17. The van der Waals surface area contributed by atoms with Gasteiger partial charge in [-0.05, 0) is 25.8 Å². The molecule has 1 aliphatic carbocycles. The molecule has 122 valence electrons. The zero-order valence-electron chi connectivity index (χ0n) is 12.8. The molecule has 2 aliphatic rings. The van der Waals surface area contributed by atoms with E-state index in [9.17, 15) is 18.4 Å². The van der Waals surface area contributed by atoms with Gasteiger partial charge in [0.1, 0.15) is 11.2 Å². The minimum Gasteiger partial charge on any atom is -0.365 e. The van der Waals surface area contributed by atoms with E-state index in [0.717, 1.165) is 18.9 Å². The average molecular weight is 320 g/mol. The lowest BCUT2D eigenvalue weighted by Crippen LogP contribution is -2.50. The van der Waals surface area contributed by atoms with E-state index < -0.39 is 23.1 Å². The molecule has 23 heavy (non-hydrogen) atoms. The van der Waals surface area contributed by atoms with Crippen molar-refractivity contribution in [3.05, 3.63) is 47.3 Å². The summed E-state index contributed by atoms with van der Waals surface area (Å²) in [6.45, 7) is 1.63. The van der Waals surface area contributed by atoms with Gasteiger partial charge in [0.2, 0.25) is 5.91 Å². The third-order valence-corrected chi connectivity index (χ3v) is 4.71. The van der Waals surface area contributed by atoms with Crippen LogP contribution in [0.3, 0.4) is 0 Å². The second kappa shape index (κ2) is 5.76. The van der Waals surface area contributed by atoms with Crippen molar-refractivity contribution in [3.63, 3.8) is 0 Å². The van der Waals surface area contributed by atoms with Crippen LogP contribution in [0.25, 0.3) is 0 Å². The molecule has 1 aliphatic heterocycles. The van der Waals surface area contributed by atoms with Crippen molar-refractivity contribution in [2.45, 2.75) is 38.6 Å². The molecule has 1 heterocycles. The Labute approximate surface area is 132 Å². The Kier molecular flexibility index (Phi) is 3.92. The molecule has 1 aromatic rings. The molecule has 0 saturated heterocycles. The Hall–Kier alpha value is -2.24. The summed E-state index contributed by atoms with van der Waals surface area (Å²) in [5.74, 6) is -2.16. The van der Waals surface area contributed by atoms with Gasteiger partial charge in [0.05, 0.1) is 6.04 Å². The molecule has 1 amide bonds. The fourth-order valence-electron chi connectivity index (χ4n) is 3.35. The van der Waals surface area contributed by atoms with Gasteiger partial charge in [-0.15, -0.1) is 0 Å². The Balaban J connectivity index is 1.80. The van der Waals surface area contributed by atoms with E-state index in [1.54, 1.807) is 6.92 Å². The second-order valence-electron chi connectivity index (χ2n) is 6.17. The van der Waals surface area contributed by atoms with Gasteiger partial charge in [0.15, 0.2) is 17.4 Å². The van der Waals surface area contributed by atoms with Crippen LogP contribution in [0.1, 0.15) is 44.2 Å². The highest BCUT2D eigenvalue weighted by Gasteiger charge is 2.49. The lowest BCUT2D eigenvalue weighted by Gasteiger charge is -2.31. The molecule has 0 aromatic heterocycles. The SMILES string of the molecule is CC(NC1=CC(=O)C2(CCCC2)C(=O)N1)c1cccc(F)c1F. The maximum atomic E-state index is 13.8. The smallest absolute Gasteiger partial charge is 0.239 e. The van der Waals surface area contributed by atoms with Crippen LogP contribution in [-0.2, 0) is 9.59 Å². The van der Waals surface area contributed by atoms with Crippen molar-refractivity contribution in [2.75, 3.05) is 0 Å². The number of carbonyl (C=O) groups excluding carboxylic acids is 2. The van der Waals surface area contributed by atoms with Gasteiger partial charge in [-0.25, -0.2) is 8.78 Å². The Morgan fingerprint density at radius 3 is 2.57 bits per heavy atom. The number of amides is 1. The quantitative estimate of drug-likeness (QED) is 0.842. The summed E-state index contributed by atoms with van der Waals surface area (Å²) in [6.07, 6.45) is 4.22. The lowest BCUT2D eigenvalue weighted by molar-refractivity contribution is -0.140. The zero-order valence-corrected chi connectivity index (χ0v) is 12.8. The van der Waals surface area contributed by atoms with E-state index in [4.69, 9.17) is 0 Å². The molecule has 4 nitrogen and oxygen atoms in total. The van der Waals surface area contributed by atoms with Crippen LogP contribution in [0.4, 0.5) is 8.78 Å². The first kappa shape index (κ1) is 15.6. The molecule has 3 rings (SSSR count). The molecule has 1 aromatic carbocycles. The highest BCUT2D eigenvalue weighted by atomic mass is 19.2. The summed E-state index contributed by atoms with van der Waals surface area (Å²) in [4.78, 5) is 24.7. The normalized spacial score (nSPS) is 21.1. The summed E-state index contributed by atoms with van der Waals surface area (Å²) in [5, 5.41) is 5.56. The Morgan fingerprint density at radius 1 is 1.22 bits per heavy atom. The number of halogens is 2. The predicted octanol–water partition coefficient (Wildman–Crippen LogP) is 2.72. The van der Waals surface area contributed by atoms with Crippen LogP contribution in [0, 0.1) is 17.0 Å². The minimum absolute atomic E-state index is 0.133. The molecule has 0 bridgehead atoms. The van der Waals surface area contributed by atoms with E-state index in [-0.39, 0.29) is 23.1 Å². The van der Waals surface area contributed by atoms with Crippen molar-refractivity contribution >= 4 is 11.7 Å². The van der Waals surface area contributed by atoms with Gasteiger partial charge < -0.3 is 10.6 Å². The van der Waals surface area contributed by atoms with Crippen molar-refractivity contribution in [2.24, 2.45) is 5.41 Å². The summed E-state index contributed by atoms with van der Waals surface area (Å²) in [6, 6.07) is 3.32. The largest absolute Gasteiger partial charge is 0.365 e. The summed E-state index contributed by atoms with van der Waals surface area (Å²) in [7, 11) is 0. The van der Waals surface area contributed by atoms with E-state index in [1.165, 1.54) is 18.2 Å². The van der Waals surface area contributed by atoms with Crippen molar-refractivity contribution < 1.29 is 18.4 Å². The topological polar surface area (TPSA) is 58.2 Å². The highest BCUT2D eigenvalue weighted by Crippen LogP contribution is 2.41. The summed E-state index contributed by atoms with van der Waals surface area (Å²) < 4.78 is 27.1. The molecule has 6 heteroatoms. The van der Waals surface area contributed by atoms with Crippen LogP contribution in [0.5, 0.6) is 0 Å². The molecule has 2 N–H and O–H groups in total. The standard InChI is InChI=1S/C17H18F2N2O2/c1-10(11-5-4-6-12(18)15(11)19)20-14-9-13(22)17(16(23)21-14)7-2-3-8-17/h4-6,9-10,20H,2-3,7-8H2,1H3,(H,21,23). The van der Waals surface area contributed by atoms with Crippen LogP contribution >= 0.6 is 0 Å². The molecule has 1 fully saturated rings. The van der Waals surface area contributed by atoms with E-state index in [1.807, 2.05) is 0 Å². The van der Waals surface area contributed by atoms with Crippen LogP contribution in [0.2, 0.25) is 0 Å². The monoisotopic (exact) mass is 320 g/mol. The van der Waals surface area contributed by atoms with Crippen LogP contribution in [-0.4, -0.2) is 11.7 Å². The predicted molar refractivity (Wildman–Crippen MR) is 80.0 cm³/mol. The molecular weight excluding hydrogens is 302 g/mol. The maximum Gasteiger partial charge on any atom is 0.239 e.